The topological polar surface area (TPSA) is 38.5 Å². The zero-order valence-electron chi connectivity index (χ0n) is 10.8. The number of benzene rings is 1. The highest BCUT2D eigenvalue weighted by atomic mass is 16.5. The lowest BCUT2D eigenvalue weighted by atomic mass is 10.1. The number of nitrogens with two attached hydrogens (primary N) is 1. The Kier molecular flexibility index (Phi) is 4.02. The lowest BCUT2D eigenvalue weighted by Gasteiger charge is -2.18. The van der Waals surface area contributed by atoms with Crippen molar-refractivity contribution in [2.75, 3.05) is 26.7 Å². The maximum Gasteiger partial charge on any atom is 0.123 e. The molecule has 1 atom stereocenters. The van der Waals surface area contributed by atoms with Crippen molar-refractivity contribution in [3.8, 4) is 5.75 Å². The fraction of sp³-hybridized carbons (Fsp3) is 0.571. The minimum atomic E-state index is 0.672. The molecule has 1 aromatic carbocycles. The van der Waals surface area contributed by atoms with E-state index in [0.29, 0.717) is 5.92 Å². The molecule has 94 valence electrons. The standard InChI is InChI=1S/C14H22N2O/c1-11-3-4-14(17-2)13(7-11)10-16-6-5-12(8-15)9-16/h3-4,7,12H,5-6,8-10,15H2,1-2H3. The fourth-order valence-corrected chi connectivity index (χ4v) is 2.52. The van der Waals surface area contributed by atoms with E-state index in [0.717, 1.165) is 31.9 Å². The molecule has 0 amide bonds. The van der Waals surface area contributed by atoms with Crippen molar-refractivity contribution in [2.24, 2.45) is 11.7 Å². The van der Waals surface area contributed by atoms with Gasteiger partial charge in [0.05, 0.1) is 7.11 Å². The number of hydrogen-bond acceptors (Lipinski definition) is 3. The van der Waals surface area contributed by atoms with E-state index < -0.39 is 0 Å². The molecule has 0 radical (unpaired) electrons. The molecule has 1 unspecified atom stereocenters. The van der Waals surface area contributed by atoms with Gasteiger partial charge in [-0.05, 0) is 38.4 Å². The van der Waals surface area contributed by atoms with Crippen molar-refractivity contribution < 1.29 is 4.74 Å². The van der Waals surface area contributed by atoms with Gasteiger partial charge in [-0.2, -0.15) is 0 Å². The molecule has 0 saturated carbocycles. The summed E-state index contributed by atoms with van der Waals surface area (Å²) in [6, 6.07) is 6.37. The molecule has 1 heterocycles. The van der Waals surface area contributed by atoms with Crippen LogP contribution < -0.4 is 10.5 Å². The zero-order valence-corrected chi connectivity index (χ0v) is 10.8. The second-order valence-corrected chi connectivity index (χ2v) is 4.94. The van der Waals surface area contributed by atoms with Crippen LogP contribution in [0.3, 0.4) is 0 Å². The van der Waals surface area contributed by atoms with Crippen molar-refractivity contribution in [3.63, 3.8) is 0 Å². The number of ether oxygens (including phenoxy) is 1. The normalized spacial score (nSPS) is 20.8. The van der Waals surface area contributed by atoms with Gasteiger partial charge in [-0.3, -0.25) is 4.90 Å². The Bertz CT molecular complexity index is 378. The van der Waals surface area contributed by atoms with Gasteiger partial charge in [0.1, 0.15) is 5.75 Å². The first-order chi connectivity index (χ1) is 8.22. The van der Waals surface area contributed by atoms with E-state index in [1.54, 1.807) is 7.11 Å². The Balaban J connectivity index is 2.05. The van der Waals surface area contributed by atoms with Gasteiger partial charge in [0.25, 0.3) is 0 Å². The Morgan fingerprint density at radius 3 is 2.94 bits per heavy atom. The van der Waals surface area contributed by atoms with E-state index in [9.17, 15) is 0 Å². The average Bonchev–Trinajstić information content (AvgIpc) is 2.77. The highest BCUT2D eigenvalue weighted by Crippen LogP contribution is 2.24. The summed E-state index contributed by atoms with van der Waals surface area (Å²) in [5.74, 6) is 1.66. The van der Waals surface area contributed by atoms with Gasteiger partial charge in [0.2, 0.25) is 0 Å². The first kappa shape index (κ1) is 12.4. The van der Waals surface area contributed by atoms with Crippen LogP contribution >= 0.6 is 0 Å². The Hall–Kier alpha value is -1.06. The van der Waals surface area contributed by atoms with Gasteiger partial charge in [0.15, 0.2) is 0 Å². The molecule has 0 aliphatic carbocycles. The highest BCUT2D eigenvalue weighted by Gasteiger charge is 2.21. The van der Waals surface area contributed by atoms with Crippen molar-refractivity contribution in [3.05, 3.63) is 29.3 Å². The van der Waals surface area contributed by atoms with Crippen LogP contribution in [0, 0.1) is 12.8 Å². The minimum Gasteiger partial charge on any atom is -0.496 e. The number of rotatable bonds is 4. The quantitative estimate of drug-likeness (QED) is 0.863. The van der Waals surface area contributed by atoms with Crippen LogP contribution in [-0.4, -0.2) is 31.6 Å². The van der Waals surface area contributed by atoms with Gasteiger partial charge >= 0.3 is 0 Å². The Morgan fingerprint density at radius 1 is 1.47 bits per heavy atom. The third-order valence-corrected chi connectivity index (χ3v) is 3.53. The molecule has 1 saturated heterocycles. The van der Waals surface area contributed by atoms with Crippen molar-refractivity contribution in [1.82, 2.24) is 4.90 Å². The predicted octanol–water partition coefficient (Wildman–Crippen LogP) is 1.78. The number of methoxy groups -OCH3 is 1. The number of nitrogens with zero attached hydrogens (tertiary/aromatic N) is 1. The monoisotopic (exact) mass is 234 g/mol. The summed E-state index contributed by atoms with van der Waals surface area (Å²) in [6.07, 6.45) is 1.23. The van der Waals surface area contributed by atoms with E-state index in [1.807, 2.05) is 0 Å². The Labute approximate surface area is 104 Å². The summed E-state index contributed by atoms with van der Waals surface area (Å²) in [7, 11) is 1.74. The lowest BCUT2D eigenvalue weighted by molar-refractivity contribution is 0.309. The first-order valence-corrected chi connectivity index (χ1v) is 6.29. The summed E-state index contributed by atoms with van der Waals surface area (Å²) in [5.41, 5.74) is 8.29. The molecule has 3 nitrogen and oxygen atoms in total. The fourth-order valence-electron chi connectivity index (χ4n) is 2.52. The average molecular weight is 234 g/mol. The molecular formula is C14H22N2O. The van der Waals surface area contributed by atoms with E-state index in [4.69, 9.17) is 10.5 Å². The molecule has 2 N–H and O–H groups in total. The maximum atomic E-state index is 5.72. The largest absolute Gasteiger partial charge is 0.496 e. The molecular weight excluding hydrogens is 212 g/mol. The molecule has 1 aliphatic rings. The van der Waals surface area contributed by atoms with Crippen LogP contribution in [-0.2, 0) is 6.54 Å². The van der Waals surface area contributed by atoms with Gasteiger partial charge < -0.3 is 10.5 Å². The van der Waals surface area contributed by atoms with Crippen molar-refractivity contribution in [2.45, 2.75) is 19.9 Å². The van der Waals surface area contributed by atoms with E-state index in [2.05, 4.69) is 30.0 Å². The van der Waals surface area contributed by atoms with Crippen LogP contribution in [0.15, 0.2) is 18.2 Å². The summed E-state index contributed by atoms with van der Waals surface area (Å²) < 4.78 is 5.41. The number of aryl methyl sites for hydroxylation is 1. The molecule has 0 aromatic heterocycles. The molecule has 0 spiro atoms. The van der Waals surface area contributed by atoms with Gasteiger partial charge in [0, 0.05) is 18.7 Å². The molecule has 3 heteroatoms. The van der Waals surface area contributed by atoms with E-state index in [-0.39, 0.29) is 0 Å². The van der Waals surface area contributed by atoms with Crippen molar-refractivity contribution in [1.29, 1.82) is 0 Å². The maximum absolute atomic E-state index is 5.72. The van der Waals surface area contributed by atoms with Crippen LogP contribution in [0.5, 0.6) is 5.75 Å². The molecule has 1 aliphatic heterocycles. The van der Waals surface area contributed by atoms with Crippen LogP contribution in [0.4, 0.5) is 0 Å². The van der Waals surface area contributed by atoms with E-state index in [1.165, 1.54) is 17.5 Å². The summed E-state index contributed by atoms with van der Waals surface area (Å²) in [6.45, 7) is 6.17. The second kappa shape index (κ2) is 5.52. The van der Waals surface area contributed by atoms with E-state index >= 15 is 0 Å². The van der Waals surface area contributed by atoms with Gasteiger partial charge in [-0.1, -0.05) is 17.7 Å². The summed E-state index contributed by atoms with van der Waals surface area (Å²) in [5, 5.41) is 0. The Morgan fingerprint density at radius 2 is 2.29 bits per heavy atom. The highest BCUT2D eigenvalue weighted by molar-refractivity contribution is 5.36. The minimum absolute atomic E-state index is 0.672. The summed E-state index contributed by atoms with van der Waals surface area (Å²) >= 11 is 0. The number of hydrogen-bond donors (Lipinski definition) is 1. The molecule has 2 rings (SSSR count). The predicted molar refractivity (Wildman–Crippen MR) is 70.2 cm³/mol. The molecule has 1 aromatic rings. The first-order valence-electron chi connectivity index (χ1n) is 6.29. The molecule has 1 fully saturated rings. The van der Waals surface area contributed by atoms with Crippen LogP contribution in [0.2, 0.25) is 0 Å². The zero-order chi connectivity index (χ0) is 12.3. The molecule has 0 bridgehead atoms. The van der Waals surface area contributed by atoms with Gasteiger partial charge in [-0.15, -0.1) is 0 Å². The molecule has 17 heavy (non-hydrogen) atoms. The lowest BCUT2D eigenvalue weighted by Crippen LogP contribution is -2.23. The third-order valence-electron chi connectivity index (χ3n) is 3.53. The number of likely N-dealkylation sites (tertiary alicyclic amines) is 1. The van der Waals surface area contributed by atoms with Crippen molar-refractivity contribution >= 4 is 0 Å². The smallest absolute Gasteiger partial charge is 0.123 e. The summed E-state index contributed by atoms with van der Waals surface area (Å²) in [4.78, 5) is 2.47. The second-order valence-electron chi connectivity index (χ2n) is 4.94. The van der Waals surface area contributed by atoms with Crippen LogP contribution in [0.1, 0.15) is 17.5 Å². The SMILES string of the molecule is COc1ccc(C)cc1CN1CCC(CN)C1. The third kappa shape index (κ3) is 2.99. The van der Waals surface area contributed by atoms with Gasteiger partial charge in [-0.25, -0.2) is 0 Å². The van der Waals surface area contributed by atoms with Crippen LogP contribution in [0.25, 0.3) is 0 Å².